The highest BCUT2D eigenvalue weighted by molar-refractivity contribution is 14.1. The van der Waals surface area contributed by atoms with E-state index in [1.165, 1.54) is 12.1 Å². The van der Waals surface area contributed by atoms with E-state index in [2.05, 4.69) is 0 Å². The molecule has 0 bridgehead atoms. The van der Waals surface area contributed by atoms with Crippen molar-refractivity contribution >= 4 is 34.5 Å². The molecule has 0 unspecified atom stereocenters. The molecule has 0 fully saturated rings. The number of hydrogen-bond acceptors (Lipinski definition) is 3. The summed E-state index contributed by atoms with van der Waals surface area (Å²) in [6.45, 7) is 3.39. The number of carbonyl (C=O) groups is 2. The van der Waals surface area contributed by atoms with Gasteiger partial charge in [-0.05, 0) is 26.0 Å². The topological polar surface area (TPSA) is 63.6 Å². The molecule has 86 valence electrons. The van der Waals surface area contributed by atoms with Crippen LogP contribution in [0.1, 0.15) is 24.2 Å². The molecule has 0 heterocycles. The normalized spacial score (nSPS) is 10.9. The van der Waals surface area contributed by atoms with Gasteiger partial charge in [-0.25, -0.2) is 4.79 Å². The van der Waals surface area contributed by atoms with Crippen LogP contribution in [-0.2, 0) is 4.79 Å². The number of benzene rings is 1. The highest BCUT2D eigenvalue weighted by Gasteiger charge is 2.27. The Morgan fingerprint density at radius 2 is 1.88 bits per heavy atom. The quantitative estimate of drug-likeness (QED) is 0.399. The van der Waals surface area contributed by atoms with E-state index >= 15 is 0 Å². The van der Waals surface area contributed by atoms with E-state index in [-0.39, 0.29) is 11.3 Å². The highest BCUT2D eigenvalue weighted by Crippen LogP contribution is 2.23. The smallest absolute Gasteiger partial charge is 0.339 e. The van der Waals surface area contributed by atoms with E-state index < -0.39 is 15.4 Å². The van der Waals surface area contributed by atoms with Crippen molar-refractivity contribution in [1.29, 1.82) is 0 Å². The van der Waals surface area contributed by atoms with Crippen molar-refractivity contribution in [2.45, 2.75) is 17.3 Å². The molecule has 0 saturated heterocycles. The summed E-state index contributed by atoms with van der Waals surface area (Å²) >= 11 is 1.94. The van der Waals surface area contributed by atoms with E-state index in [0.717, 1.165) is 0 Å². The summed E-state index contributed by atoms with van der Waals surface area (Å²) in [6.07, 6.45) is 0. The molecule has 0 radical (unpaired) electrons. The van der Waals surface area contributed by atoms with Crippen LogP contribution in [0.2, 0.25) is 0 Å². The van der Waals surface area contributed by atoms with E-state index in [0.29, 0.717) is 0 Å². The first-order chi connectivity index (χ1) is 7.32. The van der Waals surface area contributed by atoms with Crippen LogP contribution >= 0.6 is 22.6 Å². The molecule has 5 heteroatoms. The van der Waals surface area contributed by atoms with Crippen LogP contribution in [-0.4, -0.2) is 20.5 Å². The molecular weight excluding hydrogens is 323 g/mol. The van der Waals surface area contributed by atoms with E-state index in [1.807, 2.05) is 22.6 Å². The molecule has 1 rings (SSSR count). The molecular formula is C11H11IO4. The molecule has 0 aliphatic rings. The van der Waals surface area contributed by atoms with Gasteiger partial charge in [0.05, 0.1) is 0 Å². The average Bonchev–Trinajstić information content (AvgIpc) is 2.16. The number of alkyl halides is 1. The van der Waals surface area contributed by atoms with Gasteiger partial charge in [-0.2, -0.15) is 0 Å². The second-order valence-electron chi connectivity index (χ2n) is 3.66. The average molecular weight is 334 g/mol. The molecule has 1 aromatic rings. The summed E-state index contributed by atoms with van der Waals surface area (Å²) in [6, 6.07) is 6.06. The molecule has 16 heavy (non-hydrogen) atoms. The van der Waals surface area contributed by atoms with Gasteiger partial charge in [-0.1, -0.05) is 34.7 Å². The van der Waals surface area contributed by atoms with Crippen molar-refractivity contribution in [3.63, 3.8) is 0 Å². The zero-order valence-corrected chi connectivity index (χ0v) is 11.0. The van der Waals surface area contributed by atoms with Gasteiger partial charge in [0.25, 0.3) is 0 Å². The number of ether oxygens (including phenoxy) is 1. The molecule has 4 nitrogen and oxygen atoms in total. The summed E-state index contributed by atoms with van der Waals surface area (Å²) in [5, 5.41) is 8.89. The summed E-state index contributed by atoms with van der Waals surface area (Å²) in [4.78, 5) is 22.4. The third-order valence-corrected chi connectivity index (χ3v) is 2.25. The number of hydrogen-bond donors (Lipinski definition) is 1. The Hall–Kier alpha value is -1.11. The first kappa shape index (κ1) is 13.0. The maximum absolute atomic E-state index is 11.6. The van der Waals surface area contributed by atoms with Crippen LogP contribution in [0.3, 0.4) is 0 Å². The van der Waals surface area contributed by atoms with Crippen molar-refractivity contribution < 1.29 is 19.4 Å². The number of halogens is 1. The van der Waals surface area contributed by atoms with Crippen LogP contribution in [0.25, 0.3) is 0 Å². The van der Waals surface area contributed by atoms with E-state index in [9.17, 15) is 9.59 Å². The lowest BCUT2D eigenvalue weighted by Crippen LogP contribution is -2.29. The first-order valence-electron chi connectivity index (χ1n) is 4.56. The molecule has 0 spiro atoms. The number of carbonyl (C=O) groups excluding carboxylic acids is 1. The Balaban J connectivity index is 2.98. The number of carboxylic acids is 1. The Morgan fingerprint density at radius 3 is 2.38 bits per heavy atom. The molecule has 1 aromatic carbocycles. The SMILES string of the molecule is CC(C)(I)C(=O)Oc1ccccc1C(=O)O. The van der Waals surface area contributed by atoms with Gasteiger partial charge in [0.15, 0.2) is 0 Å². The second-order valence-corrected chi connectivity index (χ2v) is 6.36. The van der Waals surface area contributed by atoms with Gasteiger partial charge in [0.2, 0.25) is 0 Å². The largest absolute Gasteiger partial charge is 0.478 e. The lowest BCUT2D eigenvalue weighted by Gasteiger charge is -2.15. The molecule has 0 saturated carbocycles. The van der Waals surface area contributed by atoms with Crippen LogP contribution in [0, 0.1) is 0 Å². The van der Waals surface area contributed by atoms with Crippen LogP contribution in [0.15, 0.2) is 24.3 Å². The predicted molar refractivity (Wildman–Crippen MR) is 67.1 cm³/mol. The third kappa shape index (κ3) is 3.19. The summed E-state index contributed by atoms with van der Waals surface area (Å²) in [7, 11) is 0. The molecule has 0 aromatic heterocycles. The summed E-state index contributed by atoms with van der Waals surface area (Å²) < 4.78 is 4.35. The van der Waals surface area contributed by atoms with Crippen LogP contribution in [0.5, 0.6) is 5.75 Å². The predicted octanol–water partition coefficient (Wildman–Crippen LogP) is 2.50. The monoisotopic (exact) mass is 334 g/mol. The molecule has 0 aliphatic heterocycles. The molecule has 1 N–H and O–H groups in total. The number of carboxylic acid groups (broad SMARTS) is 1. The third-order valence-electron chi connectivity index (χ3n) is 1.81. The summed E-state index contributed by atoms with van der Waals surface area (Å²) in [5.74, 6) is -1.51. The van der Waals surface area contributed by atoms with Gasteiger partial charge < -0.3 is 9.84 Å². The van der Waals surface area contributed by atoms with E-state index in [1.54, 1.807) is 26.0 Å². The minimum atomic E-state index is -1.12. The number of aromatic carboxylic acids is 1. The van der Waals surface area contributed by atoms with E-state index in [4.69, 9.17) is 9.84 Å². The fourth-order valence-corrected chi connectivity index (χ4v) is 1.06. The van der Waals surface area contributed by atoms with Gasteiger partial charge >= 0.3 is 11.9 Å². The Kier molecular flexibility index (Phi) is 3.90. The maximum Gasteiger partial charge on any atom is 0.339 e. The minimum Gasteiger partial charge on any atom is -0.478 e. The lowest BCUT2D eigenvalue weighted by atomic mass is 10.2. The summed E-state index contributed by atoms with van der Waals surface area (Å²) in [5.41, 5.74) is -0.0171. The molecule has 0 amide bonds. The van der Waals surface area contributed by atoms with Crippen molar-refractivity contribution in [3.8, 4) is 5.75 Å². The van der Waals surface area contributed by atoms with Gasteiger partial charge in [-0.3, -0.25) is 4.79 Å². The molecule has 0 atom stereocenters. The molecule has 0 aliphatic carbocycles. The minimum absolute atomic E-state index is 0.0171. The van der Waals surface area contributed by atoms with Crippen molar-refractivity contribution in [3.05, 3.63) is 29.8 Å². The second kappa shape index (κ2) is 4.82. The van der Waals surface area contributed by atoms with Gasteiger partial charge in [0.1, 0.15) is 14.7 Å². The van der Waals surface area contributed by atoms with Crippen molar-refractivity contribution in [1.82, 2.24) is 0 Å². The standard InChI is InChI=1S/C11H11IO4/c1-11(2,12)10(15)16-8-6-4-3-5-7(8)9(13)14/h3-6H,1-2H3,(H,13,14). The Bertz CT molecular complexity index is 420. The lowest BCUT2D eigenvalue weighted by molar-refractivity contribution is -0.135. The zero-order chi connectivity index (χ0) is 12.3. The van der Waals surface area contributed by atoms with Crippen molar-refractivity contribution in [2.24, 2.45) is 0 Å². The number of para-hydroxylation sites is 1. The Morgan fingerprint density at radius 1 is 1.31 bits per heavy atom. The van der Waals surface area contributed by atoms with Crippen LogP contribution in [0.4, 0.5) is 0 Å². The number of rotatable bonds is 3. The van der Waals surface area contributed by atoms with Gasteiger partial charge in [0, 0.05) is 0 Å². The number of esters is 1. The zero-order valence-electron chi connectivity index (χ0n) is 8.86. The highest BCUT2D eigenvalue weighted by atomic mass is 127. The van der Waals surface area contributed by atoms with Crippen LogP contribution < -0.4 is 4.74 Å². The first-order valence-corrected chi connectivity index (χ1v) is 5.64. The Labute approximate surface area is 107 Å². The van der Waals surface area contributed by atoms with Gasteiger partial charge in [-0.15, -0.1) is 0 Å². The fourth-order valence-electron chi connectivity index (χ4n) is 0.954. The van der Waals surface area contributed by atoms with Crippen molar-refractivity contribution in [2.75, 3.05) is 0 Å². The maximum atomic E-state index is 11.6. The fraction of sp³-hybridized carbons (Fsp3) is 0.273.